The Balaban J connectivity index is 1.96. The zero-order chi connectivity index (χ0) is 27.7. The molecule has 1 unspecified atom stereocenters. The zero-order valence-corrected chi connectivity index (χ0v) is 24.5. The van der Waals surface area contributed by atoms with Crippen LogP contribution >= 0.6 is 27.5 Å². The Morgan fingerprint density at radius 1 is 0.974 bits per heavy atom. The lowest BCUT2D eigenvalue weighted by Gasteiger charge is -2.32. The zero-order valence-electron chi connectivity index (χ0n) is 21.3. The molecule has 0 aromatic heterocycles. The van der Waals surface area contributed by atoms with Crippen molar-refractivity contribution in [3.63, 3.8) is 0 Å². The number of rotatable bonds is 12. The van der Waals surface area contributed by atoms with E-state index in [1.807, 2.05) is 61.5 Å². The van der Waals surface area contributed by atoms with E-state index >= 15 is 0 Å². The number of halogens is 2. The van der Waals surface area contributed by atoms with Gasteiger partial charge >= 0.3 is 0 Å². The summed E-state index contributed by atoms with van der Waals surface area (Å²) in [7, 11) is -2.61. The van der Waals surface area contributed by atoms with Crippen LogP contribution < -0.4 is 5.32 Å². The van der Waals surface area contributed by atoms with E-state index in [4.69, 9.17) is 11.6 Å². The maximum absolute atomic E-state index is 13.8. The summed E-state index contributed by atoms with van der Waals surface area (Å²) < 4.78 is 28.2. The van der Waals surface area contributed by atoms with E-state index in [2.05, 4.69) is 21.2 Å². The maximum Gasteiger partial charge on any atom is 0.243 e. The van der Waals surface area contributed by atoms with Crippen LogP contribution in [0.2, 0.25) is 5.02 Å². The van der Waals surface area contributed by atoms with Gasteiger partial charge in [0.2, 0.25) is 21.8 Å². The first-order valence-electron chi connectivity index (χ1n) is 12.2. The summed E-state index contributed by atoms with van der Waals surface area (Å²) in [5, 5.41) is 3.32. The summed E-state index contributed by atoms with van der Waals surface area (Å²) in [6.07, 6.45) is 1.02. The first kappa shape index (κ1) is 29.8. The molecule has 2 amide bonds. The summed E-state index contributed by atoms with van der Waals surface area (Å²) in [5.74, 6) is -0.778. The molecule has 0 heterocycles. The molecule has 0 saturated carbocycles. The van der Waals surface area contributed by atoms with Gasteiger partial charge in [-0.1, -0.05) is 76.9 Å². The largest absolute Gasteiger partial charge is 0.354 e. The van der Waals surface area contributed by atoms with Crippen molar-refractivity contribution in [2.24, 2.45) is 0 Å². The molecule has 3 aromatic rings. The minimum absolute atomic E-state index is 0.0252. The van der Waals surface area contributed by atoms with E-state index in [0.29, 0.717) is 11.6 Å². The van der Waals surface area contributed by atoms with Crippen LogP contribution in [-0.2, 0) is 32.6 Å². The molecule has 7 nitrogen and oxygen atoms in total. The fraction of sp³-hybridized carbons (Fsp3) is 0.286. The fourth-order valence-corrected chi connectivity index (χ4v) is 5.60. The van der Waals surface area contributed by atoms with Crippen LogP contribution in [0.5, 0.6) is 0 Å². The average Bonchev–Trinajstić information content (AvgIpc) is 2.90. The van der Waals surface area contributed by atoms with Gasteiger partial charge in [0, 0.05) is 36.1 Å². The minimum Gasteiger partial charge on any atom is -0.354 e. The normalized spacial score (nSPS) is 12.2. The number of carbonyl (C=O) groups is 2. The van der Waals surface area contributed by atoms with Gasteiger partial charge in [-0.05, 0) is 53.9 Å². The highest BCUT2D eigenvalue weighted by atomic mass is 79.9. The lowest BCUT2D eigenvalue weighted by atomic mass is 10.0. The number of hydrogen-bond donors (Lipinski definition) is 1. The third-order valence-electron chi connectivity index (χ3n) is 5.94. The molecule has 202 valence electrons. The molecule has 0 aliphatic carbocycles. The van der Waals surface area contributed by atoms with Crippen LogP contribution in [0.25, 0.3) is 0 Å². The molecule has 3 aromatic carbocycles. The third-order valence-corrected chi connectivity index (χ3v) is 8.50. The summed E-state index contributed by atoms with van der Waals surface area (Å²) in [4.78, 5) is 28.7. The maximum atomic E-state index is 13.8. The molecule has 0 aliphatic heterocycles. The molecule has 0 fully saturated rings. The molecule has 10 heteroatoms. The standard InChI is InChI=1S/C28H31BrClN3O4S/c1-3-16-31-28(35)26(18-21-8-5-4-6-9-21)33(19-22-10-7-11-23(29)17-22)27(34)20-32(2)38(36,37)25-14-12-24(30)13-15-25/h4-15,17,26H,3,16,18-20H2,1-2H3,(H,31,35). The quantitative estimate of drug-likeness (QED) is 0.313. The number of nitrogens with one attached hydrogen (secondary N) is 1. The number of hydrogen-bond acceptors (Lipinski definition) is 4. The van der Waals surface area contributed by atoms with Crippen LogP contribution in [0.3, 0.4) is 0 Å². The van der Waals surface area contributed by atoms with E-state index in [9.17, 15) is 18.0 Å². The second kappa shape index (κ2) is 13.9. The highest BCUT2D eigenvalue weighted by molar-refractivity contribution is 9.10. The predicted octanol–water partition coefficient (Wildman–Crippen LogP) is 4.89. The Labute approximate surface area is 238 Å². The highest BCUT2D eigenvalue weighted by Gasteiger charge is 2.33. The van der Waals surface area contributed by atoms with Gasteiger partial charge in [-0.15, -0.1) is 0 Å². The molecule has 0 radical (unpaired) electrons. The molecular formula is C28H31BrClN3O4S. The molecule has 0 bridgehead atoms. The van der Waals surface area contributed by atoms with E-state index < -0.39 is 28.5 Å². The van der Waals surface area contributed by atoms with Crippen molar-refractivity contribution >= 4 is 49.4 Å². The van der Waals surface area contributed by atoms with Crippen molar-refractivity contribution in [2.75, 3.05) is 20.1 Å². The van der Waals surface area contributed by atoms with Crippen molar-refractivity contribution in [2.45, 2.75) is 37.2 Å². The lowest BCUT2D eigenvalue weighted by Crippen LogP contribution is -2.53. The number of carbonyl (C=O) groups excluding carboxylic acids is 2. The topological polar surface area (TPSA) is 86.8 Å². The van der Waals surface area contributed by atoms with Gasteiger partial charge in [0.1, 0.15) is 6.04 Å². The van der Waals surface area contributed by atoms with Crippen molar-refractivity contribution in [3.8, 4) is 0 Å². The van der Waals surface area contributed by atoms with Gasteiger partial charge in [-0.3, -0.25) is 9.59 Å². The molecule has 0 saturated heterocycles. The van der Waals surface area contributed by atoms with Gasteiger partial charge in [-0.25, -0.2) is 8.42 Å². The van der Waals surface area contributed by atoms with Crippen LogP contribution in [-0.4, -0.2) is 55.6 Å². The molecule has 1 N–H and O–H groups in total. The SMILES string of the molecule is CCCNC(=O)C(Cc1ccccc1)N(Cc1cccc(Br)c1)C(=O)CN(C)S(=O)(=O)c1ccc(Cl)cc1. The Morgan fingerprint density at radius 3 is 2.26 bits per heavy atom. The van der Waals surface area contributed by atoms with Crippen molar-refractivity contribution in [1.29, 1.82) is 0 Å². The van der Waals surface area contributed by atoms with Gasteiger partial charge < -0.3 is 10.2 Å². The molecule has 1 atom stereocenters. The third kappa shape index (κ3) is 8.14. The fourth-order valence-electron chi connectivity index (χ4n) is 3.90. The predicted molar refractivity (Wildman–Crippen MR) is 153 cm³/mol. The summed E-state index contributed by atoms with van der Waals surface area (Å²) in [6.45, 7) is 2.11. The second-order valence-corrected chi connectivity index (χ2v) is 12.3. The number of likely N-dealkylation sites (N-methyl/N-ethyl adjacent to an activating group) is 1. The minimum atomic E-state index is -3.96. The van der Waals surface area contributed by atoms with E-state index in [1.54, 1.807) is 0 Å². The number of benzene rings is 3. The van der Waals surface area contributed by atoms with Crippen LogP contribution in [0.1, 0.15) is 24.5 Å². The Morgan fingerprint density at radius 2 is 1.63 bits per heavy atom. The Kier molecular flexibility index (Phi) is 10.9. The molecule has 0 aliphatic rings. The Bertz CT molecular complexity index is 1340. The summed E-state index contributed by atoms with van der Waals surface area (Å²) >= 11 is 9.37. The molecule has 3 rings (SSSR count). The first-order chi connectivity index (χ1) is 18.1. The first-order valence-corrected chi connectivity index (χ1v) is 14.8. The number of nitrogens with zero attached hydrogens (tertiary/aromatic N) is 2. The van der Waals surface area contributed by atoms with Crippen molar-refractivity contribution in [3.05, 3.63) is 99.5 Å². The van der Waals surface area contributed by atoms with Crippen molar-refractivity contribution in [1.82, 2.24) is 14.5 Å². The van der Waals surface area contributed by atoms with E-state index in [1.165, 1.54) is 36.2 Å². The van der Waals surface area contributed by atoms with Gasteiger partial charge in [-0.2, -0.15) is 4.31 Å². The smallest absolute Gasteiger partial charge is 0.243 e. The monoisotopic (exact) mass is 619 g/mol. The highest BCUT2D eigenvalue weighted by Crippen LogP contribution is 2.20. The average molecular weight is 621 g/mol. The summed E-state index contributed by atoms with van der Waals surface area (Å²) in [5.41, 5.74) is 1.69. The number of amides is 2. The molecule has 38 heavy (non-hydrogen) atoms. The van der Waals surface area contributed by atoms with Gasteiger partial charge in [0.15, 0.2) is 0 Å². The van der Waals surface area contributed by atoms with Crippen molar-refractivity contribution < 1.29 is 18.0 Å². The van der Waals surface area contributed by atoms with Crippen LogP contribution in [0.4, 0.5) is 0 Å². The lowest BCUT2D eigenvalue weighted by molar-refractivity contribution is -0.141. The molecular weight excluding hydrogens is 590 g/mol. The van der Waals surface area contributed by atoms with Gasteiger partial charge in [0.05, 0.1) is 11.4 Å². The van der Waals surface area contributed by atoms with Crippen LogP contribution in [0, 0.1) is 0 Å². The second-order valence-electron chi connectivity index (χ2n) is 8.86. The van der Waals surface area contributed by atoms with Gasteiger partial charge in [0.25, 0.3) is 0 Å². The van der Waals surface area contributed by atoms with E-state index in [0.717, 1.165) is 26.3 Å². The molecule has 0 spiro atoms. The Hall–Kier alpha value is -2.72. The van der Waals surface area contributed by atoms with Crippen LogP contribution in [0.15, 0.2) is 88.2 Å². The summed E-state index contributed by atoms with van der Waals surface area (Å²) in [6, 6.07) is 21.8. The number of sulfonamides is 1. The van der Waals surface area contributed by atoms with E-state index in [-0.39, 0.29) is 23.8 Å².